The van der Waals surface area contributed by atoms with Gasteiger partial charge >= 0.3 is 17.9 Å². The van der Waals surface area contributed by atoms with E-state index in [-0.39, 0.29) is 31.1 Å². The maximum atomic E-state index is 12.8. The molecule has 76 heavy (non-hydrogen) atoms. The Balaban J connectivity index is 4.14. The van der Waals surface area contributed by atoms with Crippen molar-refractivity contribution < 1.29 is 28.6 Å². The van der Waals surface area contributed by atoms with Crippen LogP contribution in [-0.2, 0) is 28.6 Å². The zero-order valence-corrected chi connectivity index (χ0v) is 49.5. The molecule has 0 fully saturated rings. The van der Waals surface area contributed by atoms with Crippen LogP contribution in [0.4, 0.5) is 0 Å². The van der Waals surface area contributed by atoms with Gasteiger partial charge in [0.2, 0.25) is 0 Å². The maximum absolute atomic E-state index is 12.8. The van der Waals surface area contributed by atoms with Crippen LogP contribution in [0.25, 0.3) is 0 Å². The molecular weight excluding hydrogens is 937 g/mol. The van der Waals surface area contributed by atoms with Crippen molar-refractivity contribution in [2.75, 3.05) is 13.2 Å². The Kier molecular flexibility index (Phi) is 59.9. The SMILES string of the molecule is CC/C=C\C/C=C\C/C=C\C/C=C\C/C=C\C/C=C\CCCCCCCCC(=O)OC(COC(=O)CCCCCCCC)COC(=O)CCCCCCCCCCCCCCCC/C=C\C/C=C\C/C=C\C/C=C\CC. The molecule has 6 nitrogen and oxygen atoms in total. The predicted molar refractivity (Wildman–Crippen MR) is 330 cm³/mol. The molecule has 0 aliphatic heterocycles. The summed E-state index contributed by atoms with van der Waals surface area (Å²) in [5, 5.41) is 0. The van der Waals surface area contributed by atoms with Crippen LogP contribution in [0.2, 0.25) is 0 Å². The summed E-state index contributed by atoms with van der Waals surface area (Å²) in [5.41, 5.74) is 0. The van der Waals surface area contributed by atoms with Crippen LogP contribution in [-0.4, -0.2) is 37.2 Å². The molecule has 0 spiro atoms. The highest BCUT2D eigenvalue weighted by molar-refractivity contribution is 5.71. The second-order valence-corrected chi connectivity index (χ2v) is 20.6. The third-order valence-corrected chi connectivity index (χ3v) is 13.2. The molecule has 6 heteroatoms. The summed E-state index contributed by atoms with van der Waals surface area (Å²) in [7, 11) is 0. The standard InChI is InChI=1S/C70H116O6/c1-4-7-10-13-16-18-20-22-24-26-28-30-32-34-35-37-38-40-42-44-46-48-50-52-54-57-60-63-69(72)75-66-67(65-74-68(71)62-59-56-15-12-9-6-3)76-70(73)64-61-58-55-53-51-49-47-45-43-41-39-36-33-31-29-27-25-23-21-19-17-14-11-8-5-2/h7-8,10-11,16-19,22-25,28-31,36,39,43,45,67H,4-6,9,12-15,20-21,26-27,32-35,37-38,40-42,44,46-66H2,1-3H3/b10-7-,11-8-,18-16-,19-17-,24-22-,25-23-,30-28-,31-29-,39-36-,45-43-. The Bertz CT molecular complexity index is 1590. The van der Waals surface area contributed by atoms with Gasteiger partial charge < -0.3 is 14.2 Å². The van der Waals surface area contributed by atoms with Gasteiger partial charge in [-0.05, 0) is 109 Å². The molecule has 0 rings (SSSR count). The minimum Gasteiger partial charge on any atom is -0.462 e. The van der Waals surface area contributed by atoms with Gasteiger partial charge in [-0.3, -0.25) is 14.4 Å². The molecule has 0 aromatic heterocycles. The molecular formula is C70H116O6. The number of carbonyl (C=O) groups is 3. The van der Waals surface area contributed by atoms with Crippen molar-refractivity contribution in [2.24, 2.45) is 0 Å². The third-order valence-electron chi connectivity index (χ3n) is 13.2. The van der Waals surface area contributed by atoms with E-state index in [1.165, 1.54) is 109 Å². The highest BCUT2D eigenvalue weighted by Crippen LogP contribution is 2.16. The molecule has 1 atom stereocenters. The van der Waals surface area contributed by atoms with Gasteiger partial charge in [-0.1, -0.05) is 277 Å². The Hall–Kier alpha value is -4.19. The topological polar surface area (TPSA) is 78.9 Å². The van der Waals surface area contributed by atoms with Crippen molar-refractivity contribution in [2.45, 2.75) is 290 Å². The molecule has 1 unspecified atom stereocenters. The van der Waals surface area contributed by atoms with Crippen LogP contribution in [0.1, 0.15) is 284 Å². The molecule has 0 heterocycles. The predicted octanol–water partition coefficient (Wildman–Crippen LogP) is 21.6. The number of esters is 3. The van der Waals surface area contributed by atoms with E-state index in [0.29, 0.717) is 19.3 Å². The first-order chi connectivity index (χ1) is 37.5. The van der Waals surface area contributed by atoms with E-state index < -0.39 is 6.10 Å². The number of allylic oxidation sites excluding steroid dienone is 20. The lowest BCUT2D eigenvalue weighted by Gasteiger charge is -2.18. The summed E-state index contributed by atoms with van der Waals surface area (Å²) in [4.78, 5) is 38.0. The van der Waals surface area contributed by atoms with Crippen LogP contribution < -0.4 is 0 Å². The van der Waals surface area contributed by atoms with Crippen LogP contribution in [0, 0.1) is 0 Å². The van der Waals surface area contributed by atoms with Crippen LogP contribution in [0.3, 0.4) is 0 Å². The Morgan fingerprint density at radius 1 is 0.276 bits per heavy atom. The van der Waals surface area contributed by atoms with Crippen molar-refractivity contribution in [3.8, 4) is 0 Å². The smallest absolute Gasteiger partial charge is 0.306 e. The summed E-state index contributed by atoms with van der Waals surface area (Å²) in [5.74, 6) is -0.907. The summed E-state index contributed by atoms with van der Waals surface area (Å²) >= 11 is 0. The van der Waals surface area contributed by atoms with Gasteiger partial charge in [-0.2, -0.15) is 0 Å². The minimum atomic E-state index is -0.786. The van der Waals surface area contributed by atoms with Crippen molar-refractivity contribution >= 4 is 17.9 Å². The fourth-order valence-corrected chi connectivity index (χ4v) is 8.56. The number of carbonyl (C=O) groups excluding carboxylic acids is 3. The second-order valence-electron chi connectivity index (χ2n) is 20.6. The fourth-order valence-electron chi connectivity index (χ4n) is 8.56. The van der Waals surface area contributed by atoms with E-state index in [2.05, 4.69) is 142 Å². The number of hydrogen-bond acceptors (Lipinski definition) is 6. The largest absolute Gasteiger partial charge is 0.462 e. The highest BCUT2D eigenvalue weighted by atomic mass is 16.6. The van der Waals surface area contributed by atoms with E-state index in [1.54, 1.807) is 0 Å². The summed E-state index contributed by atoms with van der Waals surface area (Å²) < 4.78 is 16.8. The van der Waals surface area contributed by atoms with Gasteiger partial charge in [0, 0.05) is 19.3 Å². The zero-order chi connectivity index (χ0) is 55.0. The molecule has 432 valence electrons. The lowest BCUT2D eigenvalue weighted by atomic mass is 10.0. The maximum Gasteiger partial charge on any atom is 0.306 e. The van der Waals surface area contributed by atoms with Gasteiger partial charge in [0.25, 0.3) is 0 Å². The molecule has 0 bridgehead atoms. The first-order valence-corrected chi connectivity index (χ1v) is 31.5. The number of rotatable bonds is 56. The Morgan fingerprint density at radius 3 is 0.803 bits per heavy atom. The molecule has 0 radical (unpaired) electrons. The minimum absolute atomic E-state index is 0.0850. The van der Waals surface area contributed by atoms with E-state index >= 15 is 0 Å². The van der Waals surface area contributed by atoms with Crippen molar-refractivity contribution in [1.82, 2.24) is 0 Å². The summed E-state index contributed by atoms with van der Waals surface area (Å²) in [6, 6.07) is 0. The van der Waals surface area contributed by atoms with Crippen molar-refractivity contribution in [3.05, 3.63) is 122 Å². The van der Waals surface area contributed by atoms with Crippen LogP contribution in [0.15, 0.2) is 122 Å². The fraction of sp³-hybridized carbons (Fsp3) is 0.671. The first-order valence-electron chi connectivity index (χ1n) is 31.5. The third kappa shape index (κ3) is 60.7. The number of ether oxygens (including phenoxy) is 3. The quantitative estimate of drug-likeness (QED) is 0.0261. The lowest BCUT2D eigenvalue weighted by Crippen LogP contribution is -2.30. The normalized spacial score (nSPS) is 12.9. The molecule has 0 saturated heterocycles. The van der Waals surface area contributed by atoms with Gasteiger partial charge in [0.05, 0.1) is 0 Å². The zero-order valence-electron chi connectivity index (χ0n) is 49.5. The number of hydrogen-bond donors (Lipinski definition) is 0. The van der Waals surface area contributed by atoms with Crippen LogP contribution >= 0.6 is 0 Å². The monoisotopic (exact) mass is 1050 g/mol. The summed E-state index contributed by atoms with van der Waals surface area (Å²) in [6.45, 7) is 6.35. The average Bonchev–Trinajstić information content (AvgIpc) is 3.42. The first kappa shape index (κ1) is 71.8. The molecule has 0 saturated carbocycles. The van der Waals surface area contributed by atoms with E-state index in [9.17, 15) is 14.4 Å². The molecule has 0 aromatic rings. The van der Waals surface area contributed by atoms with Gasteiger partial charge in [0.15, 0.2) is 6.10 Å². The number of unbranched alkanes of at least 4 members (excludes halogenated alkanes) is 25. The molecule has 0 amide bonds. The van der Waals surface area contributed by atoms with Gasteiger partial charge in [0.1, 0.15) is 13.2 Å². The molecule has 0 N–H and O–H groups in total. The van der Waals surface area contributed by atoms with E-state index in [0.717, 1.165) is 135 Å². The van der Waals surface area contributed by atoms with E-state index in [1.807, 2.05) is 0 Å². The van der Waals surface area contributed by atoms with Crippen molar-refractivity contribution in [3.63, 3.8) is 0 Å². The summed E-state index contributed by atoms with van der Waals surface area (Å²) in [6.07, 6.45) is 88.1. The second kappa shape index (κ2) is 63.3. The molecule has 0 aromatic carbocycles. The highest BCUT2D eigenvalue weighted by Gasteiger charge is 2.19. The average molecular weight is 1050 g/mol. The van der Waals surface area contributed by atoms with Crippen LogP contribution in [0.5, 0.6) is 0 Å². The van der Waals surface area contributed by atoms with Gasteiger partial charge in [-0.25, -0.2) is 0 Å². The van der Waals surface area contributed by atoms with E-state index in [4.69, 9.17) is 14.2 Å². The molecule has 0 aliphatic carbocycles. The molecule has 0 aliphatic rings. The van der Waals surface area contributed by atoms with Gasteiger partial charge in [-0.15, -0.1) is 0 Å². The lowest BCUT2D eigenvalue weighted by molar-refractivity contribution is -0.167. The Labute approximate surface area is 469 Å². The Morgan fingerprint density at radius 2 is 0.513 bits per heavy atom. The van der Waals surface area contributed by atoms with Crippen molar-refractivity contribution in [1.29, 1.82) is 0 Å².